The quantitative estimate of drug-likeness (QED) is 0.686. The van der Waals surface area contributed by atoms with Gasteiger partial charge < -0.3 is 9.32 Å². The van der Waals surface area contributed by atoms with Crippen LogP contribution in [-0.4, -0.2) is 17.4 Å². The van der Waals surface area contributed by atoms with E-state index in [-0.39, 0.29) is 5.91 Å². The Morgan fingerprint density at radius 3 is 3.00 bits per heavy atom. The lowest BCUT2D eigenvalue weighted by Gasteiger charge is -2.17. The van der Waals surface area contributed by atoms with Crippen LogP contribution in [0.5, 0.6) is 0 Å². The SMILES string of the molecule is Cc1nc2cc(C(=O)N3CCc4ccccc43)ccc2o1. The average Bonchev–Trinajstić information content (AvgIpc) is 3.07. The Labute approximate surface area is 122 Å². The number of anilines is 1. The monoisotopic (exact) mass is 278 g/mol. The van der Waals surface area contributed by atoms with Gasteiger partial charge >= 0.3 is 0 Å². The first-order valence-corrected chi connectivity index (χ1v) is 6.99. The molecular weight excluding hydrogens is 264 g/mol. The number of amides is 1. The maximum atomic E-state index is 12.7. The van der Waals surface area contributed by atoms with Gasteiger partial charge in [0.15, 0.2) is 11.5 Å². The van der Waals surface area contributed by atoms with E-state index in [1.165, 1.54) is 5.56 Å². The molecule has 0 spiro atoms. The summed E-state index contributed by atoms with van der Waals surface area (Å²) in [6.45, 7) is 2.53. The Kier molecular flexibility index (Phi) is 2.57. The Morgan fingerprint density at radius 1 is 1.24 bits per heavy atom. The van der Waals surface area contributed by atoms with E-state index < -0.39 is 0 Å². The van der Waals surface area contributed by atoms with Gasteiger partial charge in [-0.25, -0.2) is 4.98 Å². The molecule has 0 aliphatic carbocycles. The first-order valence-electron chi connectivity index (χ1n) is 6.99. The molecule has 4 rings (SSSR count). The van der Waals surface area contributed by atoms with E-state index in [9.17, 15) is 4.79 Å². The smallest absolute Gasteiger partial charge is 0.258 e. The molecule has 0 bridgehead atoms. The molecule has 2 heterocycles. The lowest BCUT2D eigenvalue weighted by Crippen LogP contribution is -2.28. The molecule has 1 aliphatic rings. The number of hydrogen-bond donors (Lipinski definition) is 0. The molecule has 0 saturated heterocycles. The molecule has 4 nitrogen and oxygen atoms in total. The number of carbonyl (C=O) groups excluding carboxylic acids is 1. The highest BCUT2D eigenvalue weighted by atomic mass is 16.3. The summed E-state index contributed by atoms with van der Waals surface area (Å²) in [5, 5.41) is 0. The highest BCUT2D eigenvalue weighted by Gasteiger charge is 2.25. The second-order valence-corrected chi connectivity index (χ2v) is 5.25. The zero-order valence-corrected chi connectivity index (χ0v) is 11.7. The second-order valence-electron chi connectivity index (χ2n) is 5.25. The van der Waals surface area contributed by atoms with Crippen molar-refractivity contribution < 1.29 is 9.21 Å². The fourth-order valence-corrected chi connectivity index (χ4v) is 2.88. The lowest BCUT2D eigenvalue weighted by molar-refractivity contribution is 0.0989. The van der Waals surface area contributed by atoms with Crippen molar-refractivity contribution in [2.75, 3.05) is 11.4 Å². The molecule has 0 N–H and O–H groups in total. The van der Waals surface area contributed by atoms with Crippen LogP contribution in [0.4, 0.5) is 5.69 Å². The van der Waals surface area contributed by atoms with Gasteiger partial charge in [-0.1, -0.05) is 18.2 Å². The molecule has 21 heavy (non-hydrogen) atoms. The summed E-state index contributed by atoms with van der Waals surface area (Å²) in [7, 11) is 0. The summed E-state index contributed by atoms with van der Waals surface area (Å²) < 4.78 is 5.45. The Morgan fingerprint density at radius 2 is 2.10 bits per heavy atom. The summed E-state index contributed by atoms with van der Waals surface area (Å²) >= 11 is 0. The third-order valence-corrected chi connectivity index (χ3v) is 3.87. The van der Waals surface area contributed by atoms with Crippen molar-refractivity contribution in [2.45, 2.75) is 13.3 Å². The first kappa shape index (κ1) is 12.1. The van der Waals surface area contributed by atoms with Crippen LogP contribution < -0.4 is 4.90 Å². The van der Waals surface area contributed by atoms with E-state index in [4.69, 9.17) is 4.42 Å². The van der Waals surface area contributed by atoms with Crippen molar-refractivity contribution in [2.24, 2.45) is 0 Å². The van der Waals surface area contributed by atoms with Gasteiger partial charge in [0.2, 0.25) is 0 Å². The number of aryl methyl sites for hydroxylation is 1. The van der Waals surface area contributed by atoms with Crippen molar-refractivity contribution in [3.8, 4) is 0 Å². The van der Waals surface area contributed by atoms with Crippen molar-refractivity contribution in [1.82, 2.24) is 4.98 Å². The normalized spacial score (nSPS) is 13.7. The van der Waals surface area contributed by atoms with Gasteiger partial charge in [0, 0.05) is 24.7 Å². The zero-order chi connectivity index (χ0) is 14.4. The maximum Gasteiger partial charge on any atom is 0.258 e. The van der Waals surface area contributed by atoms with Crippen LogP contribution in [-0.2, 0) is 6.42 Å². The van der Waals surface area contributed by atoms with Gasteiger partial charge in [-0.15, -0.1) is 0 Å². The molecule has 0 atom stereocenters. The third-order valence-electron chi connectivity index (χ3n) is 3.87. The molecule has 4 heteroatoms. The number of oxazole rings is 1. The molecule has 1 aliphatic heterocycles. The first-order chi connectivity index (χ1) is 10.2. The van der Waals surface area contributed by atoms with Crippen molar-refractivity contribution in [3.63, 3.8) is 0 Å². The molecule has 2 aromatic carbocycles. The van der Waals surface area contributed by atoms with Gasteiger partial charge in [-0.05, 0) is 36.2 Å². The van der Waals surface area contributed by atoms with Crippen LogP contribution in [0, 0.1) is 6.92 Å². The minimum Gasteiger partial charge on any atom is -0.441 e. The number of aromatic nitrogens is 1. The second kappa shape index (κ2) is 4.45. The van der Waals surface area contributed by atoms with Crippen LogP contribution in [0.2, 0.25) is 0 Å². The highest BCUT2D eigenvalue weighted by molar-refractivity contribution is 6.08. The molecule has 0 fully saturated rings. The fourth-order valence-electron chi connectivity index (χ4n) is 2.88. The van der Waals surface area contributed by atoms with Gasteiger partial charge in [0.1, 0.15) is 5.52 Å². The molecule has 0 saturated carbocycles. The van der Waals surface area contributed by atoms with E-state index in [0.717, 1.165) is 24.2 Å². The number of para-hydroxylation sites is 1. The summed E-state index contributed by atoms with van der Waals surface area (Å²) in [5.41, 5.74) is 4.33. The van der Waals surface area contributed by atoms with E-state index in [2.05, 4.69) is 11.1 Å². The molecule has 1 amide bonds. The van der Waals surface area contributed by atoms with Gasteiger partial charge in [-0.2, -0.15) is 0 Å². The average molecular weight is 278 g/mol. The van der Waals surface area contributed by atoms with Gasteiger partial charge in [0.05, 0.1) is 0 Å². The number of benzene rings is 2. The topological polar surface area (TPSA) is 46.3 Å². The lowest BCUT2D eigenvalue weighted by atomic mass is 10.1. The standard InChI is InChI=1S/C17H14N2O2/c1-11-18-14-10-13(6-7-16(14)21-11)17(20)19-9-8-12-4-2-3-5-15(12)19/h2-7,10H,8-9H2,1H3. The van der Waals surface area contributed by atoms with Crippen LogP contribution in [0.1, 0.15) is 21.8 Å². The number of fused-ring (bicyclic) bond motifs is 2. The Hall–Kier alpha value is -2.62. The number of nitrogens with zero attached hydrogens (tertiary/aromatic N) is 2. The van der Waals surface area contributed by atoms with Crippen molar-refractivity contribution in [1.29, 1.82) is 0 Å². The summed E-state index contributed by atoms with van der Waals surface area (Å²) in [6, 6.07) is 13.5. The molecule has 104 valence electrons. The largest absolute Gasteiger partial charge is 0.441 e. The van der Waals surface area contributed by atoms with Crippen molar-refractivity contribution in [3.05, 3.63) is 59.5 Å². The van der Waals surface area contributed by atoms with E-state index in [1.807, 2.05) is 29.2 Å². The van der Waals surface area contributed by atoms with E-state index in [0.29, 0.717) is 17.0 Å². The predicted molar refractivity (Wildman–Crippen MR) is 80.6 cm³/mol. The minimum absolute atomic E-state index is 0.0162. The Balaban J connectivity index is 1.73. The molecule has 0 radical (unpaired) electrons. The molecule has 1 aromatic heterocycles. The van der Waals surface area contributed by atoms with Crippen molar-refractivity contribution >= 4 is 22.7 Å². The highest BCUT2D eigenvalue weighted by Crippen LogP contribution is 2.29. The number of hydrogen-bond acceptors (Lipinski definition) is 3. The van der Waals surface area contributed by atoms with Crippen LogP contribution >= 0.6 is 0 Å². The zero-order valence-electron chi connectivity index (χ0n) is 11.7. The molecule has 0 unspecified atom stereocenters. The summed E-state index contributed by atoms with van der Waals surface area (Å²) in [4.78, 5) is 18.9. The van der Waals surface area contributed by atoms with Crippen LogP contribution in [0.25, 0.3) is 11.1 Å². The molecule has 3 aromatic rings. The van der Waals surface area contributed by atoms with E-state index in [1.54, 1.807) is 19.1 Å². The van der Waals surface area contributed by atoms with Gasteiger partial charge in [0.25, 0.3) is 5.91 Å². The summed E-state index contributed by atoms with van der Waals surface area (Å²) in [5.74, 6) is 0.628. The van der Waals surface area contributed by atoms with Crippen LogP contribution in [0.15, 0.2) is 46.9 Å². The minimum atomic E-state index is 0.0162. The summed E-state index contributed by atoms with van der Waals surface area (Å²) in [6.07, 6.45) is 0.910. The number of carbonyl (C=O) groups is 1. The molecular formula is C17H14N2O2. The third kappa shape index (κ3) is 1.91. The van der Waals surface area contributed by atoms with E-state index >= 15 is 0 Å². The Bertz CT molecular complexity index is 851. The maximum absolute atomic E-state index is 12.7. The van der Waals surface area contributed by atoms with Gasteiger partial charge in [-0.3, -0.25) is 4.79 Å². The number of rotatable bonds is 1. The fraction of sp³-hybridized carbons (Fsp3) is 0.176. The predicted octanol–water partition coefficient (Wildman–Crippen LogP) is 3.34. The van der Waals surface area contributed by atoms with Crippen LogP contribution in [0.3, 0.4) is 0 Å².